The Labute approximate surface area is 161 Å². The lowest BCUT2D eigenvalue weighted by molar-refractivity contribution is -0.120. The average molecular weight is 387 g/mol. The van der Waals surface area contributed by atoms with E-state index in [9.17, 15) is 13.2 Å². The van der Waals surface area contributed by atoms with Crippen LogP contribution in [-0.2, 0) is 14.8 Å². The van der Waals surface area contributed by atoms with E-state index >= 15 is 0 Å². The molecule has 1 saturated carbocycles. The Hall–Kier alpha value is -2.34. The summed E-state index contributed by atoms with van der Waals surface area (Å²) in [6, 6.07) is 13.9. The van der Waals surface area contributed by atoms with E-state index in [0.717, 1.165) is 36.8 Å². The Bertz CT molecular complexity index is 904. The van der Waals surface area contributed by atoms with Crippen LogP contribution in [0.3, 0.4) is 0 Å². The monoisotopic (exact) mass is 386 g/mol. The highest BCUT2D eigenvalue weighted by atomic mass is 32.2. The summed E-state index contributed by atoms with van der Waals surface area (Å²) in [6.45, 7) is 3.68. The van der Waals surface area contributed by atoms with Gasteiger partial charge in [0, 0.05) is 6.04 Å². The summed E-state index contributed by atoms with van der Waals surface area (Å²) in [5.41, 5.74) is 2.56. The fourth-order valence-electron chi connectivity index (χ4n) is 3.39. The largest absolute Gasteiger partial charge is 0.352 e. The van der Waals surface area contributed by atoms with Crippen LogP contribution in [0.2, 0.25) is 0 Å². The molecule has 2 aromatic carbocycles. The minimum atomic E-state index is -3.84. The summed E-state index contributed by atoms with van der Waals surface area (Å²) in [5.74, 6) is -0.264. The van der Waals surface area contributed by atoms with Crippen LogP contribution in [0.1, 0.15) is 36.8 Å². The van der Waals surface area contributed by atoms with Gasteiger partial charge in [-0.05, 0) is 62.1 Å². The van der Waals surface area contributed by atoms with Gasteiger partial charge in [-0.15, -0.1) is 0 Å². The summed E-state index contributed by atoms with van der Waals surface area (Å²) >= 11 is 0. The van der Waals surface area contributed by atoms with Crippen molar-refractivity contribution in [2.24, 2.45) is 0 Å². The molecule has 0 radical (unpaired) electrons. The summed E-state index contributed by atoms with van der Waals surface area (Å²) in [5, 5.41) is 2.98. The van der Waals surface area contributed by atoms with Crippen molar-refractivity contribution in [1.82, 2.24) is 5.32 Å². The van der Waals surface area contributed by atoms with Crippen molar-refractivity contribution in [2.75, 3.05) is 10.8 Å². The molecule has 144 valence electrons. The first kappa shape index (κ1) is 19.4. The zero-order chi connectivity index (χ0) is 19.4. The number of aryl methyl sites for hydroxylation is 2. The van der Waals surface area contributed by atoms with Crippen molar-refractivity contribution >= 4 is 21.6 Å². The third kappa shape index (κ3) is 4.50. The Morgan fingerprint density at radius 1 is 1.04 bits per heavy atom. The first-order chi connectivity index (χ1) is 12.9. The van der Waals surface area contributed by atoms with Gasteiger partial charge in [-0.3, -0.25) is 9.10 Å². The highest BCUT2D eigenvalue weighted by Gasteiger charge is 2.28. The van der Waals surface area contributed by atoms with Crippen LogP contribution in [0, 0.1) is 13.8 Å². The molecule has 1 N–H and O–H groups in total. The molecule has 6 heteroatoms. The number of hydrogen-bond acceptors (Lipinski definition) is 3. The van der Waals surface area contributed by atoms with E-state index in [1.54, 1.807) is 36.4 Å². The van der Waals surface area contributed by atoms with Crippen molar-refractivity contribution < 1.29 is 13.2 Å². The fraction of sp³-hybridized carbons (Fsp3) is 0.381. The first-order valence-corrected chi connectivity index (χ1v) is 10.8. The molecule has 27 heavy (non-hydrogen) atoms. The molecule has 0 unspecified atom stereocenters. The highest BCUT2D eigenvalue weighted by molar-refractivity contribution is 7.92. The highest BCUT2D eigenvalue weighted by Crippen LogP contribution is 2.26. The Kier molecular flexibility index (Phi) is 5.85. The Morgan fingerprint density at radius 3 is 2.33 bits per heavy atom. The standard InChI is InChI=1S/C21H26N2O3S/c1-16-12-13-19(14-17(16)2)23(15-21(24)22-18-8-6-7-9-18)27(25,26)20-10-4-3-5-11-20/h3-5,10-14,18H,6-9,15H2,1-2H3,(H,22,24). The lowest BCUT2D eigenvalue weighted by atomic mass is 10.1. The maximum absolute atomic E-state index is 13.2. The van der Waals surface area contributed by atoms with Gasteiger partial charge in [0.05, 0.1) is 10.6 Å². The fourth-order valence-corrected chi connectivity index (χ4v) is 4.82. The number of sulfonamides is 1. The molecule has 0 saturated heterocycles. The van der Waals surface area contributed by atoms with Gasteiger partial charge in [-0.25, -0.2) is 8.42 Å². The molecule has 1 fully saturated rings. The van der Waals surface area contributed by atoms with Crippen molar-refractivity contribution in [3.63, 3.8) is 0 Å². The molecule has 1 aliphatic rings. The molecule has 1 aliphatic carbocycles. The van der Waals surface area contributed by atoms with Crippen LogP contribution in [0.25, 0.3) is 0 Å². The Morgan fingerprint density at radius 2 is 1.70 bits per heavy atom. The van der Waals surface area contributed by atoms with Gasteiger partial charge in [0.15, 0.2) is 0 Å². The maximum atomic E-state index is 13.2. The van der Waals surface area contributed by atoms with Crippen LogP contribution in [0.5, 0.6) is 0 Å². The quantitative estimate of drug-likeness (QED) is 0.825. The van der Waals surface area contributed by atoms with E-state index in [0.29, 0.717) is 5.69 Å². The minimum absolute atomic E-state index is 0.151. The molecule has 0 atom stereocenters. The molecule has 0 spiro atoms. The summed E-state index contributed by atoms with van der Waals surface area (Å²) in [6.07, 6.45) is 4.13. The molecule has 0 aliphatic heterocycles. The summed E-state index contributed by atoms with van der Waals surface area (Å²) < 4.78 is 27.7. The van der Waals surface area contributed by atoms with Crippen molar-refractivity contribution in [3.8, 4) is 0 Å². The van der Waals surface area contributed by atoms with Crippen LogP contribution >= 0.6 is 0 Å². The normalized spacial score (nSPS) is 14.9. The van der Waals surface area contributed by atoms with E-state index < -0.39 is 10.0 Å². The summed E-state index contributed by atoms with van der Waals surface area (Å²) in [7, 11) is -3.84. The van der Waals surface area contributed by atoms with Crippen molar-refractivity contribution in [3.05, 3.63) is 59.7 Å². The number of carbonyl (C=O) groups is 1. The number of nitrogens with one attached hydrogen (secondary N) is 1. The van der Waals surface area contributed by atoms with E-state index in [2.05, 4.69) is 5.32 Å². The smallest absolute Gasteiger partial charge is 0.264 e. The number of hydrogen-bond donors (Lipinski definition) is 1. The molecule has 0 heterocycles. The van der Waals surface area contributed by atoms with E-state index in [-0.39, 0.29) is 23.4 Å². The van der Waals surface area contributed by atoms with Gasteiger partial charge in [-0.1, -0.05) is 37.1 Å². The van der Waals surface area contributed by atoms with Gasteiger partial charge in [-0.2, -0.15) is 0 Å². The van der Waals surface area contributed by atoms with Crippen LogP contribution in [-0.4, -0.2) is 26.9 Å². The number of nitrogens with zero attached hydrogens (tertiary/aromatic N) is 1. The van der Waals surface area contributed by atoms with Gasteiger partial charge in [0.2, 0.25) is 5.91 Å². The second-order valence-corrected chi connectivity index (χ2v) is 9.00. The molecule has 0 aromatic heterocycles. The minimum Gasteiger partial charge on any atom is -0.352 e. The second kappa shape index (κ2) is 8.13. The van der Waals surface area contributed by atoms with E-state index in [1.165, 1.54) is 4.31 Å². The zero-order valence-electron chi connectivity index (χ0n) is 15.8. The number of rotatable bonds is 6. The predicted octanol–water partition coefficient (Wildman–Crippen LogP) is 3.56. The lowest BCUT2D eigenvalue weighted by Crippen LogP contribution is -2.43. The number of anilines is 1. The molecule has 2 aromatic rings. The SMILES string of the molecule is Cc1ccc(N(CC(=O)NC2CCCC2)S(=O)(=O)c2ccccc2)cc1C. The van der Waals surface area contributed by atoms with Crippen LogP contribution in [0.15, 0.2) is 53.4 Å². The van der Waals surface area contributed by atoms with Gasteiger partial charge in [0.25, 0.3) is 10.0 Å². The summed E-state index contributed by atoms with van der Waals surface area (Å²) in [4.78, 5) is 12.8. The second-order valence-electron chi connectivity index (χ2n) is 7.14. The van der Waals surface area contributed by atoms with Crippen LogP contribution in [0.4, 0.5) is 5.69 Å². The van der Waals surface area contributed by atoms with E-state index in [4.69, 9.17) is 0 Å². The average Bonchev–Trinajstić information content (AvgIpc) is 3.15. The molecule has 0 bridgehead atoms. The third-order valence-corrected chi connectivity index (χ3v) is 6.91. The molecular weight excluding hydrogens is 360 g/mol. The third-order valence-electron chi connectivity index (χ3n) is 5.12. The first-order valence-electron chi connectivity index (χ1n) is 9.32. The van der Waals surface area contributed by atoms with Crippen molar-refractivity contribution in [2.45, 2.75) is 50.5 Å². The Balaban J connectivity index is 1.93. The van der Waals surface area contributed by atoms with Crippen molar-refractivity contribution in [1.29, 1.82) is 0 Å². The number of benzene rings is 2. The molecule has 1 amide bonds. The lowest BCUT2D eigenvalue weighted by Gasteiger charge is -2.25. The topological polar surface area (TPSA) is 66.5 Å². The van der Waals surface area contributed by atoms with E-state index in [1.807, 2.05) is 26.0 Å². The molecular formula is C21H26N2O3S. The maximum Gasteiger partial charge on any atom is 0.264 e. The zero-order valence-corrected chi connectivity index (χ0v) is 16.6. The molecule has 3 rings (SSSR count). The van der Waals surface area contributed by atoms with Gasteiger partial charge < -0.3 is 5.32 Å². The van der Waals surface area contributed by atoms with Crippen LogP contribution < -0.4 is 9.62 Å². The van der Waals surface area contributed by atoms with Gasteiger partial charge >= 0.3 is 0 Å². The predicted molar refractivity (Wildman–Crippen MR) is 107 cm³/mol. The van der Waals surface area contributed by atoms with Gasteiger partial charge in [0.1, 0.15) is 6.54 Å². The number of amides is 1. The molecule has 5 nitrogen and oxygen atoms in total. The number of carbonyl (C=O) groups excluding carboxylic acids is 1.